The Morgan fingerprint density at radius 1 is 1.38 bits per heavy atom. The van der Waals surface area contributed by atoms with Crippen molar-refractivity contribution in [3.05, 3.63) is 35.6 Å². The van der Waals surface area contributed by atoms with Crippen LogP contribution in [0.25, 0.3) is 0 Å². The van der Waals surface area contributed by atoms with Gasteiger partial charge in [0, 0.05) is 29.4 Å². The molecule has 2 atom stereocenters. The van der Waals surface area contributed by atoms with Gasteiger partial charge in [-0.25, -0.2) is 4.39 Å². The Balaban J connectivity index is 1.77. The van der Waals surface area contributed by atoms with Crippen molar-refractivity contribution in [2.24, 2.45) is 0 Å². The molecule has 1 spiro atoms. The summed E-state index contributed by atoms with van der Waals surface area (Å²) in [5, 5.41) is 3.39. The minimum Gasteiger partial charge on any atom is -0.321 e. The molecule has 4 nitrogen and oxygen atoms in total. The van der Waals surface area contributed by atoms with Crippen LogP contribution in [0.5, 0.6) is 0 Å². The Morgan fingerprint density at radius 2 is 2.05 bits per heavy atom. The summed E-state index contributed by atoms with van der Waals surface area (Å²) in [5.74, 6) is 0.434. The van der Waals surface area contributed by atoms with Gasteiger partial charge in [0.05, 0.1) is 0 Å². The number of hydrogen-bond acceptors (Lipinski definition) is 3. The Labute approximate surface area is 126 Å². The van der Waals surface area contributed by atoms with E-state index in [0.717, 1.165) is 18.4 Å². The van der Waals surface area contributed by atoms with E-state index in [1.54, 1.807) is 18.4 Å². The van der Waals surface area contributed by atoms with Crippen molar-refractivity contribution in [3.63, 3.8) is 0 Å². The van der Waals surface area contributed by atoms with Crippen molar-refractivity contribution in [2.75, 3.05) is 18.6 Å². The van der Waals surface area contributed by atoms with Gasteiger partial charge in [0.15, 0.2) is 0 Å². The van der Waals surface area contributed by atoms with Crippen molar-refractivity contribution in [2.45, 2.75) is 31.0 Å². The van der Waals surface area contributed by atoms with Gasteiger partial charge < -0.3 is 4.90 Å². The van der Waals surface area contributed by atoms with Crippen LogP contribution in [0.1, 0.15) is 31.0 Å². The fraction of sp³-hybridized carbons (Fsp3) is 0.533. The second kappa shape index (κ2) is 5.50. The highest BCUT2D eigenvalue weighted by Gasteiger charge is 2.59. The zero-order valence-corrected chi connectivity index (χ0v) is 12.8. The fourth-order valence-corrected chi connectivity index (χ4v) is 3.39. The third-order valence-corrected chi connectivity index (χ3v) is 5.03. The number of rotatable bonds is 5. The average Bonchev–Trinajstić information content (AvgIpc) is 3.17. The van der Waals surface area contributed by atoms with Gasteiger partial charge in [-0.2, -0.15) is 0 Å². The first-order valence-corrected chi connectivity index (χ1v) is 8.89. The highest BCUT2D eigenvalue weighted by atomic mass is 32.2. The number of carbonyl (C=O) groups excluding carboxylic acids is 1. The van der Waals surface area contributed by atoms with E-state index in [0.29, 0.717) is 18.7 Å². The molecular weight excluding hydrogens is 291 g/mol. The van der Waals surface area contributed by atoms with Crippen LogP contribution >= 0.6 is 0 Å². The van der Waals surface area contributed by atoms with Crippen LogP contribution in [0.4, 0.5) is 4.39 Å². The highest BCUT2D eigenvalue weighted by molar-refractivity contribution is 7.84. The normalized spacial score (nSPS) is 24.6. The van der Waals surface area contributed by atoms with Crippen molar-refractivity contribution < 1.29 is 13.4 Å². The molecule has 21 heavy (non-hydrogen) atoms. The van der Waals surface area contributed by atoms with Gasteiger partial charge in [0.2, 0.25) is 5.91 Å². The van der Waals surface area contributed by atoms with Crippen molar-refractivity contribution in [3.8, 4) is 0 Å². The van der Waals surface area contributed by atoms with Crippen LogP contribution in [-0.4, -0.2) is 39.1 Å². The fourth-order valence-electron chi connectivity index (χ4n) is 2.85. The maximum Gasteiger partial charge on any atom is 0.244 e. The molecule has 1 aliphatic carbocycles. The third-order valence-electron chi connectivity index (χ3n) is 4.16. The Hall–Kier alpha value is -1.27. The molecule has 114 valence electrons. The first-order chi connectivity index (χ1) is 10.0. The zero-order valence-electron chi connectivity index (χ0n) is 12.0. The molecule has 2 unspecified atom stereocenters. The summed E-state index contributed by atoms with van der Waals surface area (Å²) in [7, 11) is -0.847. The molecule has 0 bridgehead atoms. The maximum atomic E-state index is 13.1. The molecule has 0 radical (unpaired) electrons. The van der Waals surface area contributed by atoms with Crippen LogP contribution in [0.3, 0.4) is 0 Å². The number of benzene rings is 1. The van der Waals surface area contributed by atoms with E-state index in [2.05, 4.69) is 5.32 Å². The lowest BCUT2D eigenvalue weighted by molar-refractivity contribution is -0.130. The van der Waals surface area contributed by atoms with Gasteiger partial charge in [0.25, 0.3) is 0 Å². The molecular formula is C15H19FN2O2S. The third kappa shape index (κ3) is 2.87. The van der Waals surface area contributed by atoms with Crippen molar-refractivity contribution >= 4 is 16.7 Å². The number of amides is 1. The van der Waals surface area contributed by atoms with E-state index in [4.69, 9.17) is 0 Å². The van der Waals surface area contributed by atoms with Crippen LogP contribution in [0, 0.1) is 5.82 Å². The Morgan fingerprint density at radius 3 is 2.62 bits per heavy atom. The molecule has 1 aromatic carbocycles. The summed E-state index contributed by atoms with van der Waals surface area (Å²) < 4.78 is 24.2. The van der Waals surface area contributed by atoms with Crippen molar-refractivity contribution in [1.29, 1.82) is 0 Å². The van der Waals surface area contributed by atoms with Gasteiger partial charge in [-0.15, -0.1) is 0 Å². The molecule has 1 N–H and O–H groups in total. The summed E-state index contributed by atoms with van der Waals surface area (Å²) >= 11 is 0. The molecule has 1 aliphatic heterocycles. The zero-order chi connectivity index (χ0) is 15.0. The number of nitrogens with zero attached hydrogens (tertiary/aromatic N) is 1. The van der Waals surface area contributed by atoms with Gasteiger partial charge in [-0.1, -0.05) is 12.1 Å². The topological polar surface area (TPSA) is 49.4 Å². The van der Waals surface area contributed by atoms with Crippen LogP contribution in [0.2, 0.25) is 0 Å². The molecule has 1 saturated heterocycles. The largest absolute Gasteiger partial charge is 0.321 e. The summed E-state index contributed by atoms with van der Waals surface area (Å²) in [4.78, 5) is 14.3. The molecule has 0 aromatic heterocycles. The van der Waals surface area contributed by atoms with Gasteiger partial charge >= 0.3 is 0 Å². The minimum absolute atomic E-state index is 0.124. The minimum atomic E-state index is -0.847. The predicted octanol–water partition coefficient (Wildman–Crippen LogP) is 1.56. The first kappa shape index (κ1) is 14.7. The molecule has 1 amide bonds. The predicted molar refractivity (Wildman–Crippen MR) is 79.5 cm³/mol. The van der Waals surface area contributed by atoms with E-state index in [1.807, 2.05) is 4.90 Å². The van der Waals surface area contributed by atoms with Gasteiger partial charge in [-0.05, 0) is 37.0 Å². The van der Waals surface area contributed by atoms with E-state index in [-0.39, 0.29) is 17.9 Å². The molecule has 1 heterocycles. The van der Waals surface area contributed by atoms with E-state index >= 15 is 0 Å². The molecule has 2 fully saturated rings. The number of nitrogens with one attached hydrogen (secondary N) is 1. The lowest BCUT2D eigenvalue weighted by Gasteiger charge is -2.24. The van der Waals surface area contributed by atoms with Gasteiger partial charge in [-0.3, -0.25) is 14.3 Å². The van der Waals surface area contributed by atoms with Crippen molar-refractivity contribution in [1.82, 2.24) is 10.2 Å². The molecule has 1 aromatic rings. The number of halogens is 1. The lowest BCUT2D eigenvalue weighted by Crippen LogP contribution is -2.33. The van der Waals surface area contributed by atoms with Crippen LogP contribution in [0.15, 0.2) is 24.3 Å². The van der Waals surface area contributed by atoms with Gasteiger partial charge in [0.1, 0.15) is 17.5 Å². The summed E-state index contributed by atoms with van der Waals surface area (Å²) in [6.45, 7) is 0.579. The summed E-state index contributed by atoms with van der Waals surface area (Å²) in [6, 6.07) is 6.26. The summed E-state index contributed by atoms with van der Waals surface area (Å²) in [5.41, 5.74) is 0.496. The van der Waals surface area contributed by atoms with E-state index in [9.17, 15) is 13.4 Å². The molecule has 6 heteroatoms. The van der Waals surface area contributed by atoms with Crippen LogP contribution < -0.4 is 5.32 Å². The lowest BCUT2D eigenvalue weighted by atomic mass is 10.1. The summed E-state index contributed by atoms with van der Waals surface area (Å²) in [6.07, 6.45) is 3.90. The smallest absolute Gasteiger partial charge is 0.244 e. The quantitative estimate of drug-likeness (QED) is 0.898. The van der Waals surface area contributed by atoms with Crippen LogP contribution in [-0.2, 0) is 15.6 Å². The Bertz CT molecular complexity index is 572. The second-order valence-electron chi connectivity index (χ2n) is 5.81. The standard InChI is InChI=1S/C15H19FN2O2S/c1-21(20)10-2-9-18-13(11-3-5-12(16)6-4-11)17-15(7-8-15)14(18)19/h3-6,13,17H,2,7-10H2,1H3. The number of hydrogen-bond donors (Lipinski definition) is 1. The number of carbonyl (C=O) groups is 1. The maximum absolute atomic E-state index is 13.1. The SMILES string of the molecule is CS(=O)CCCN1C(=O)C2(CC2)NC1c1ccc(F)cc1. The van der Waals surface area contributed by atoms with E-state index < -0.39 is 16.3 Å². The Kier molecular flexibility index (Phi) is 3.84. The van der Waals surface area contributed by atoms with E-state index in [1.165, 1.54) is 12.1 Å². The monoisotopic (exact) mass is 310 g/mol. The average molecular weight is 310 g/mol. The molecule has 2 aliphatic rings. The second-order valence-corrected chi connectivity index (χ2v) is 7.36. The first-order valence-electron chi connectivity index (χ1n) is 7.16. The highest BCUT2D eigenvalue weighted by Crippen LogP contribution is 2.45. The molecule has 3 rings (SSSR count). The molecule has 1 saturated carbocycles.